The van der Waals surface area contributed by atoms with Crippen LogP contribution in [0.1, 0.15) is 17.4 Å². The Morgan fingerprint density at radius 1 is 1.62 bits per heavy atom. The van der Waals surface area contributed by atoms with Gasteiger partial charge in [0.05, 0.1) is 0 Å². The van der Waals surface area contributed by atoms with Crippen LogP contribution < -0.4 is 0 Å². The Morgan fingerprint density at radius 3 is 2.62 bits per heavy atom. The second kappa shape index (κ2) is 3.54. The van der Waals surface area contributed by atoms with E-state index in [1.54, 1.807) is 11.4 Å². The lowest BCUT2D eigenvalue weighted by atomic mass is 10.1. The van der Waals surface area contributed by atoms with Crippen LogP contribution in [-0.2, 0) is 11.2 Å². The monoisotopic (exact) mass is 204 g/mol. The fourth-order valence-corrected chi connectivity index (χ4v) is 1.64. The molecule has 1 aromatic heterocycles. The van der Waals surface area contributed by atoms with Crippen molar-refractivity contribution in [1.29, 1.82) is 0 Å². The topological polar surface area (TPSA) is 17.1 Å². The summed E-state index contributed by atoms with van der Waals surface area (Å²) in [7, 11) is 0. The first-order valence-electron chi connectivity index (χ1n) is 3.85. The zero-order valence-electron chi connectivity index (χ0n) is 7.43. The predicted octanol–water partition coefficient (Wildman–Crippen LogP) is 2.82. The van der Waals surface area contributed by atoms with Gasteiger partial charge in [-0.3, -0.25) is 4.79 Å². The average molecular weight is 204 g/mol. The van der Waals surface area contributed by atoms with E-state index in [9.17, 15) is 13.6 Å². The summed E-state index contributed by atoms with van der Waals surface area (Å²) in [6, 6.07) is 1.76. The van der Waals surface area contributed by atoms with Gasteiger partial charge in [-0.1, -0.05) is 0 Å². The number of alkyl halides is 2. The summed E-state index contributed by atoms with van der Waals surface area (Å²) in [4.78, 5) is 11.9. The number of hydrogen-bond donors (Lipinski definition) is 0. The number of hydrogen-bond acceptors (Lipinski definition) is 2. The largest absolute Gasteiger partial charge is 0.302 e. The molecule has 0 unspecified atom stereocenters. The molecule has 0 saturated carbocycles. The minimum atomic E-state index is -3.21. The molecule has 0 atom stereocenters. The van der Waals surface area contributed by atoms with Crippen LogP contribution in [-0.4, -0.2) is 11.7 Å². The molecule has 0 aliphatic carbocycles. The van der Waals surface area contributed by atoms with Gasteiger partial charge in [0.1, 0.15) is 0 Å². The molecular formula is C9H10F2OS. The van der Waals surface area contributed by atoms with E-state index in [0.29, 0.717) is 12.5 Å². The molecule has 0 saturated heterocycles. The van der Waals surface area contributed by atoms with Crippen molar-refractivity contribution in [2.45, 2.75) is 26.2 Å². The van der Waals surface area contributed by atoms with Crippen molar-refractivity contribution in [3.05, 3.63) is 21.9 Å². The maximum atomic E-state index is 12.5. The summed E-state index contributed by atoms with van der Waals surface area (Å²) < 4.78 is 24.9. The minimum Gasteiger partial charge on any atom is -0.293 e. The Balaban J connectivity index is 2.65. The zero-order valence-corrected chi connectivity index (χ0v) is 8.25. The fourth-order valence-electron chi connectivity index (χ4n) is 0.931. The van der Waals surface area contributed by atoms with Gasteiger partial charge in [0.25, 0.3) is 0 Å². The standard InChI is InChI=1S/C9H10F2OS/c1-6-3-7(5-13-6)4-8(12)9(2,10)11/h3,5H,4H2,1-2H3. The minimum absolute atomic E-state index is 0.173. The average Bonchev–Trinajstić information content (AvgIpc) is 2.33. The van der Waals surface area contributed by atoms with Crippen LogP contribution in [0.2, 0.25) is 0 Å². The van der Waals surface area contributed by atoms with Crippen molar-refractivity contribution in [2.24, 2.45) is 0 Å². The Labute approximate surface area is 79.4 Å². The summed E-state index contributed by atoms with van der Waals surface area (Å²) in [5.41, 5.74) is 0.675. The molecular weight excluding hydrogens is 194 g/mol. The molecule has 1 heterocycles. The van der Waals surface area contributed by atoms with Gasteiger partial charge < -0.3 is 0 Å². The summed E-state index contributed by atoms with van der Waals surface area (Å²) in [6.45, 7) is 2.51. The SMILES string of the molecule is Cc1cc(CC(=O)C(C)(F)F)cs1. The van der Waals surface area contributed by atoms with Gasteiger partial charge in [0, 0.05) is 18.2 Å². The van der Waals surface area contributed by atoms with Crippen LogP contribution in [0.4, 0.5) is 8.78 Å². The number of ketones is 1. The Bertz CT molecular complexity index is 312. The van der Waals surface area contributed by atoms with Crippen molar-refractivity contribution in [2.75, 3.05) is 0 Å². The molecule has 0 amide bonds. The van der Waals surface area contributed by atoms with E-state index in [1.165, 1.54) is 11.3 Å². The predicted molar refractivity (Wildman–Crippen MR) is 48.4 cm³/mol. The van der Waals surface area contributed by atoms with Gasteiger partial charge in [-0.25, -0.2) is 0 Å². The molecule has 0 spiro atoms. The van der Waals surface area contributed by atoms with Gasteiger partial charge >= 0.3 is 5.92 Å². The number of aryl methyl sites for hydroxylation is 1. The Kier molecular flexibility index (Phi) is 2.81. The molecule has 0 N–H and O–H groups in total. The summed E-state index contributed by atoms with van der Waals surface area (Å²) in [6.07, 6.45) is -0.173. The van der Waals surface area contributed by atoms with Crippen molar-refractivity contribution in [1.82, 2.24) is 0 Å². The van der Waals surface area contributed by atoms with E-state index in [0.717, 1.165) is 4.88 Å². The van der Waals surface area contributed by atoms with Crippen LogP contribution in [0, 0.1) is 6.92 Å². The van der Waals surface area contributed by atoms with Crippen molar-refractivity contribution in [3.8, 4) is 0 Å². The highest BCUT2D eigenvalue weighted by Gasteiger charge is 2.31. The fraction of sp³-hybridized carbons (Fsp3) is 0.444. The smallest absolute Gasteiger partial charge is 0.293 e. The molecule has 4 heteroatoms. The molecule has 0 radical (unpaired) electrons. The number of Topliss-reactive ketones (excluding diaryl/α,β-unsaturated/α-hetero) is 1. The Morgan fingerprint density at radius 2 is 2.23 bits per heavy atom. The number of thiophene rings is 1. The normalized spacial score (nSPS) is 11.7. The third kappa shape index (κ3) is 2.88. The molecule has 13 heavy (non-hydrogen) atoms. The summed E-state index contributed by atoms with van der Waals surface area (Å²) in [5, 5.41) is 1.74. The number of carbonyl (C=O) groups is 1. The molecule has 0 aliphatic heterocycles. The van der Waals surface area contributed by atoms with Crippen LogP contribution in [0.3, 0.4) is 0 Å². The lowest BCUT2D eigenvalue weighted by Crippen LogP contribution is -2.25. The van der Waals surface area contributed by atoms with Crippen molar-refractivity contribution < 1.29 is 13.6 Å². The molecule has 1 rings (SSSR count). The quantitative estimate of drug-likeness (QED) is 0.740. The van der Waals surface area contributed by atoms with Gasteiger partial charge in [-0.05, 0) is 23.9 Å². The van der Waals surface area contributed by atoms with Crippen LogP contribution >= 0.6 is 11.3 Å². The lowest BCUT2D eigenvalue weighted by Gasteiger charge is -2.06. The zero-order chi connectivity index (χ0) is 10.1. The van der Waals surface area contributed by atoms with Gasteiger partial charge in [-0.2, -0.15) is 8.78 Å². The maximum absolute atomic E-state index is 12.5. The highest BCUT2D eigenvalue weighted by Crippen LogP contribution is 2.19. The van der Waals surface area contributed by atoms with Crippen LogP contribution in [0.15, 0.2) is 11.4 Å². The number of carbonyl (C=O) groups excluding carboxylic acids is 1. The molecule has 0 bridgehead atoms. The van der Waals surface area contributed by atoms with Gasteiger partial charge in [0.15, 0.2) is 0 Å². The number of halogens is 2. The molecule has 0 aromatic carbocycles. The van der Waals surface area contributed by atoms with E-state index < -0.39 is 11.7 Å². The first-order valence-corrected chi connectivity index (χ1v) is 4.72. The molecule has 1 nitrogen and oxygen atoms in total. The highest BCUT2D eigenvalue weighted by molar-refractivity contribution is 7.10. The second-order valence-electron chi connectivity index (χ2n) is 3.05. The second-order valence-corrected chi connectivity index (χ2v) is 4.17. The Hall–Kier alpha value is -0.770. The number of rotatable bonds is 3. The van der Waals surface area contributed by atoms with E-state index in [4.69, 9.17) is 0 Å². The van der Waals surface area contributed by atoms with E-state index in [-0.39, 0.29) is 6.42 Å². The molecule has 72 valence electrons. The summed E-state index contributed by atoms with van der Waals surface area (Å²) >= 11 is 1.46. The molecule has 0 aliphatic rings. The van der Waals surface area contributed by atoms with E-state index >= 15 is 0 Å². The van der Waals surface area contributed by atoms with Crippen LogP contribution in [0.5, 0.6) is 0 Å². The van der Waals surface area contributed by atoms with E-state index in [1.807, 2.05) is 6.92 Å². The van der Waals surface area contributed by atoms with Crippen molar-refractivity contribution >= 4 is 17.1 Å². The first kappa shape index (κ1) is 10.3. The van der Waals surface area contributed by atoms with E-state index in [2.05, 4.69) is 0 Å². The van der Waals surface area contributed by atoms with Gasteiger partial charge in [-0.15, -0.1) is 11.3 Å². The lowest BCUT2D eigenvalue weighted by molar-refractivity contribution is -0.139. The highest BCUT2D eigenvalue weighted by atomic mass is 32.1. The summed E-state index contributed by atoms with van der Waals surface area (Å²) in [5.74, 6) is -4.24. The van der Waals surface area contributed by atoms with Crippen molar-refractivity contribution in [3.63, 3.8) is 0 Å². The first-order chi connectivity index (χ1) is 5.89. The third-order valence-electron chi connectivity index (χ3n) is 1.64. The molecule has 1 aromatic rings. The third-order valence-corrected chi connectivity index (χ3v) is 2.55. The van der Waals surface area contributed by atoms with Crippen LogP contribution in [0.25, 0.3) is 0 Å². The van der Waals surface area contributed by atoms with Gasteiger partial charge in [0.2, 0.25) is 5.78 Å². The maximum Gasteiger partial charge on any atom is 0.302 e. The molecule has 0 fully saturated rings.